The maximum Gasteiger partial charge on any atom is 0.338 e. The Kier molecular flexibility index (Phi) is 4.65. The van der Waals surface area contributed by atoms with Gasteiger partial charge >= 0.3 is 11.9 Å². The Morgan fingerprint density at radius 2 is 1.87 bits per heavy atom. The minimum Gasteiger partial charge on any atom is -0.461 e. The number of cyclic esters (lactones) is 1. The molecule has 2 atom stereocenters. The average Bonchev–Trinajstić information content (AvgIpc) is 3.29. The first-order valence-electron chi connectivity index (χ1n) is 10.5. The highest BCUT2D eigenvalue weighted by Gasteiger charge is 2.58. The number of carbonyl (C=O) groups is 2. The fourth-order valence-electron chi connectivity index (χ4n) is 5.58. The van der Waals surface area contributed by atoms with Crippen molar-refractivity contribution in [1.82, 2.24) is 4.90 Å². The number of ether oxygens (including phenoxy) is 2. The number of fused-ring (bicyclic) bond motifs is 7. The lowest BCUT2D eigenvalue weighted by Crippen LogP contribution is -2.43. The van der Waals surface area contributed by atoms with Crippen molar-refractivity contribution in [3.05, 3.63) is 80.3 Å². The Bertz CT molecular complexity index is 1160. The normalized spacial score (nSPS) is 25.5. The first-order valence-corrected chi connectivity index (χ1v) is 11.3. The molecule has 160 valence electrons. The number of esters is 2. The molecule has 2 bridgehead atoms. The third-order valence-corrected chi connectivity index (χ3v) is 7.72. The van der Waals surface area contributed by atoms with E-state index in [4.69, 9.17) is 9.47 Å². The fourth-order valence-corrected chi connectivity index (χ4v) is 6.06. The van der Waals surface area contributed by atoms with Crippen molar-refractivity contribution in [2.24, 2.45) is 0 Å². The molecule has 0 fully saturated rings. The Morgan fingerprint density at radius 1 is 1.16 bits per heavy atom. The van der Waals surface area contributed by atoms with Crippen molar-refractivity contribution in [3.8, 4) is 0 Å². The second-order valence-electron chi connectivity index (χ2n) is 8.79. The molecule has 0 saturated carbocycles. The summed E-state index contributed by atoms with van der Waals surface area (Å²) >= 11 is 3.66. The highest BCUT2D eigenvalue weighted by atomic mass is 79.9. The monoisotopic (exact) mass is 481 g/mol. The predicted molar refractivity (Wildman–Crippen MR) is 119 cm³/mol. The maximum atomic E-state index is 12.4. The van der Waals surface area contributed by atoms with Crippen molar-refractivity contribution in [1.29, 1.82) is 0 Å². The van der Waals surface area contributed by atoms with Crippen LogP contribution in [0, 0.1) is 0 Å². The van der Waals surface area contributed by atoms with Gasteiger partial charge in [-0.2, -0.15) is 0 Å². The SMILES string of the molecule is CC(=O)OCc1cc2c(c3c1[C@]1(C)C=C[C@@]3(C)N1CCc1ccccc1Br)COC2=O. The average molecular weight is 482 g/mol. The molecule has 3 aliphatic rings. The van der Waals surface area contributed by atoms with Crippen LogP contribution in [0.2, 0.25) is 0 Å². The molecule has 0 aliphatic carbocycles. The summed E-state index contributed by atoms with van der Waals surface area (Å²) in [6.07, 6.45) is 5.38. The summed E-state index contributed by atoms with van der Waals surface area (Å²) in [6.45, 7) is 7.10. The van der Waals surface area contributed by atoms with E-state index in [1.165, 1.54) is 12.5 Å². The number of nitrogens with zero attached hydrogens (tertiary/aromatic N) is 1. The van der Waals surface area contributed by atoms with Crippen LogP contribution in [0.5, 0.6) is 0 Å². The predicted octanol–water partition coefficient (Wildman–Crippen LogP) is 4.74. The van der Waals surface area contributed by atoms with E-state index in [9.17, 15) is 9.59 Å². The molecular weight excluding hydrogens is 458 g/mol. The van der Waals surface area contributed by atoms with Gasteiger partial charge in [-0.25, -0.2) is 4.79 Å². The molecule has 5 rings (SSSR count). The fraction of sp³-hybridized carbons (Fsp3) is 0.360. The van der Waals surface area contributed by atoms with Crippen molar-refractivity contribution < 1.29 is 19.1 Å². The van der Waals surface area contributed by atoms with Crippen molar-refractivity contribution >= 4 is 27.9 Å². The Labute approximate surface area is 190 Å². The summed E-state index contributed by atoms with van der Waals surface area (Å²) in [6, 6.07) is 10.2. The molecule has 6 heteroatoms. The molecule has 2 aromatic carbocycles. The molecule has 3 aliphatic heterocycles. The van der Waals surface area contributed by atoms with Gasteiger partial charge in [0.05, 0.1) is 16.6 Å². The van der Waals surface area contributed by atoms with Gasteiger partial charge in [-0.3, -0.25) is 9.69 Å². The third kappa shape index (κ3) is 2.92. The van der Waals surface area contributed by atoms with E-state index in [-0.39, 0.29) is 29.6 Å². The van der Waals surface area contributed by atoms with Gasteiger partial charge in [0.1, 0.15) is 13.2 Å². The minimum absolute atomic E-state index is 0.149. The smallest absolute Gasteiger partial charge is 0.338 e. The molecule has 0 spiro atoms. The first kappa shape index (κ1) is 20.5. The molecular formula is C25H24BrNO4. The molecule has 0 saturated heterocycles. The molecule has 31 heavy (non-hydrogen) atoms. The summed E-state index contributed by atoms with van der Waals surface area (Å²) in [4.78, 5) is 26.4. The van der Waals surface area contributed by atoms with Gasteiger partial charge in [-0.05, 0) is 54.7 Å². The number of benzene rings is 2. The third-order valence-electron chi connectivity index (χ3n) is 6.94. The van der Waals surface area contributed by atoms with E-state index in [1.807, 2.05) is 12.1 Å². The second-order valence-corrected chi connectivity index (χ2v) is 9.64. The number of hydrogen-bond donors (Lipinski definition) is 0. The maximum absolute atomic E-state index is 12.4. The highest BCUT2D eigenvalue weighted by molar-refractivity contribution is 9.10. The van der Waals surface area contributed by atoms with Gasteiger partial charge in [0, 0.05) is 23.5 Å². The van der Waals surface area contributed by atoms with Crippen molar-refractivity contribution in [2.45, 2.75) is 51.5 Å². The van der Waals surface area contributed by atoms with Crippen LogP contribution in [0.1, 0.15) is 58.9 Å². The molecule has 0 unspecified atom stereocenters. The lowest BCUT2D eigenvalue weighted by Gasteiger charge is -2.37. The van der Waals surface area contributed by atoms with E-state index in [0.29, 0.717) is 12.2 Å². The van der Waals surface area contributed by atoms with Gasteiger partial charge in [0.15, 0.2) is 0 Å². The summed E-state index contributed by atoms with van der Waals surface area (Å²) in [5.41, 5.74) is 5.28. The standard InChI is InChI=1S/C25H24BrNO4/c1-15(28)30-13-17-12-18-19(14-31-23(18)29)22-21(17)24(2)9-10-25(22,3)27(24)11-8-16-6-4-5-7-20(16)26/h4-7,9-10,12H,8,11,13-14H2,1-3H3/t24-,25+/m0/s1. The molecule has 0 amide bonds. The zero-order valence-corrected chi connectivity index (χ0v) is 19.4. The molecule has 0 radical (unpaired) electrons. The molecule has 0 N–H and O–H groups in total. The Hall–Kier alpha value is -2.44. The van der Waals surface area contributed by atoms with Gasteiger partial charge in [-0.1, -0.05) is 46.3 Å². The zero-order valence-electron chi connectivity index (χ0n) is 17.8. The first-order chi connectivity index (χ1) is 14.8. The van der Waals surface area contributed by atoms with Gasteiger partial charge < -0.3 is 9.47 Å². The van der Waals surface area contributed by atoms with E-state index < -0.39 is 0 Å². The summed E-state index contributed by atoms with van der Waals surface area (Å²) in [5, 5.41) is 0. The van der Waals surface area contributed by atoms with Crippen LogP contribution >= 0.6 is 15.9 Å². The van der Waals surface area contributed by atoms with Gasteiger partial charge in [-0.15, -0.1) is 0 Å². The van der Waals surface area contributed by atoms with Crippen LogP contribution in [0.25, 0.3) is 0 Å². The minimum atomic E-state index is -0.352. The van der Waals surface area contributed by atoms with Crippen LogP contribution in [0.4, 0.5) is 0 Å². The molecule has 3 heterocycles. The Morgan fingerprint density at radius 3 is 2.58 bits per heavy atom. The highest BCUT2D eigenvalue weighted by Crippen LogP contribution is 2.59. The van der Waals surface area contributed by atoms with E-state index in [2.05, 4.69) is 65.0 Å². The van der Waals surface area contributed by atoms with Crippen LogP contribution in [-0.4, -0.2) is 23.4 Å². The summed E-state index contributed by atoms with van der Waals surface area (Å²) < 4.78 is 11.9. The quantitative estimate of drug-likeness (QED) is 0.455. The zero-order chi connectivity index (χ0) is 22.0. The largest absolute Gasteiger partial charge is 0.461 e. The van der Waals surface area contributed by atoms with E-state index in [0.717, 1.165) is 39.7 Å². The van der Waals surface area contributed by atoms with Gasteiger partial charge in [0.25, 0.3) is 0 Å². The lowest BCUT2D eigenvalue weighted by molar-refractivity contribution is -0.142. The van der Waals surface area contributed by atoms with Crippen LogP contribution in [0.3, 0.4) is 0 Å². The van der Waals surface area contributed by atoms with E-state index >= 15 is 0 Å². The van der Waals surface area contributed by atoms with Crippen LogP contribution in [0.15, 0.2) is 47.0 Å². The van der Waals surface area contributed by atoms with Crippen LogP contribution < -0.4 is 0 Å². The molecule has 5 nitrogen and oxygen atoms in total. The van der Waals surface area contributed by atoms with E-state index in [1.54, 1.807) is 0 Å². The number of hydrogen-bond acceptors (Lipinski definition) is 5. The number of carbonyl (C=O) groups excluding carboxylic acids is 2. The van der Waals surface area contributed by atoms with Gasteiger partial charge in [0.2, 0.25) is 0 Å². The molecule has 0 aromatic heterocycles. The summed E-state index contributed by atoms with van der Waals surface area (Å²) in [5.74, 6) is -0.639. The molecule has 2 aromatic rings. The number of rotatable bonds is 5. The second kappa shape index (κ2) is 7.04. The van der Waals surface area contributed by atoms with Crippen molar-refractivity contribution in [2.75, 3.05) is 6.54 Å². The lowest BCUT2D eigenvalue weighted by atomic mass is 9.77. The van der Waals surface area contributed by atoms with Crippen molar-refractivity contribution in [3.63, 3.8) is 0 Å². The Balaban J connectivity index is 1.60. The summed E-state index contributed by atoms with van der Waals surface area (Å²) in [7, 11) is 0. The topological polar surface area (TPSA) is 55.8 Å². The number of halogens is 1. The van der Waals surface area contributed by atoms with Crippen LogP contribution in [-0.2, 0) is 45.0 Å².